The molecule has 1 aromatic carbocycles. The summed E-state index contributed by atoms with van der Waals surface area (Å²) in [5.74, 6) is -1.14. The maximum absolute atomic E-state index is 13.2. The SMILES string of the molecule is CCN(c1nc(Nc2ccc(C(=O)O)cc2)cc(C(F)(F)F)n1)C(C)C. The number of halogens is 3. The second-order valence-electron chi connectivity index (χ2n) is 5.82. The average molecular weight is 368 g/mol. The molecule has 0 unspecified atom stereocenters. The minimum Gasteiger partial charge on any atom is -0.478 e. The summed E-state index contributed by atoms with van der Waals surface area (Å²) >= 11 is 0. The lowest BCUT2D eigenvalue weighted by molar-refractivity contribution is -0.141. The van der Waals surface area contributed by atoms with Gasteiger partial charge in [-0.05, 0) is 45.0 Å². The molecule has 0 radical (unpaired) electrons. The third-order valence-electron chi connectivity index (χ3n) is 3.63. The van der Waals surface area contributed by atoms with Gasteiger partial charge in [-0.15, -0.1) is 0 Å². The van der Waals surface area contributed by atoms with Crippen LogP contribution in [0.1, 0.15) is 36.8 Å². The van der Waals surface area contributed by atoms with Gasteiger partial charge in [0.15, 0.2) is 5.69 Å². The normalized spacial score (nSPS) is 11.5. The van der Waals surface area contributed by atoms with Gasteiger partial charge in [-0.25, -0.2) is 9.78 Å². The average Bonchev–Trinajstić information content (AvgIpc) is 2.54. The number of aromatic nitrogens is 2. The molecule has 2 aromatic rings. The first-order valence-corrected chi connectivity index (χ1v) is 7.95. The molecule has 0 saturated carbocycles. The number of nitrogens with zero attached hydrogens (tertiary/aromatic N) is 3. The zero-order chi connectivity index (χ0) is 19.5. The van der Waals surface area contributed by atoms with Crippen LogP contribution in [0, 0.1) is 0 Å². The van der Waals surface area contributed by atoms with Gasteiger partial charge in [0.1, 0.15) is 5.82 Å². The Morgan fingerprint density at radius 2 is 1.85 bits per heavy atom. The van der Waals surface area contributed by atoms with Crippen LogP contribution in [0.3, 0.4) is 0 Å². The van der Waals surface area contributed by atoms with Crippen molar-refractivity contribution >= 4 is 23.4 Å². The number of carboxylic acid groups (broad SMARTS) is 1. The van der Waals surface area contributed by atoms with Crippen LogP contribution in [-0.4, -0.2) is 33.6 Å². The predicted molar refractivity (Wildman–Crippen MR) is 91.9 cm³/mol. The minimum atomic E-state index is -4.61. The highest BCUT2D eigenvalue weighted by molar-refractivity contribution is 5.88. The molecular formula is C17H19F3N4O2. The molecule has 0 atom stereocenters. The van der Waals surface area contributed by atoms with Gasteiger partial charge in [-0.1, -0.05) is 0 Å². The molecule has 2 rings (SSSR count). The summed E-state index contributed by atoms with van der Waals surface area (Å²) in [7, 11) is 0. The minimum absolute atomic E-state index is 0.0236. The second-order valence-corrected chi connectivity index (χ2v) is 5.82. The topological polar surface area (TPSA) is 78.4 Å². The third kappa shape index (κ3) is 4.62. The molecule has 26 heavy (non-hydrogen) atoms. The van der Waals surface area contributed by atoms with Gasteiger partial charge in [0.25, 0.3) is 0 Å². The summed E-state index contributed by atoms with van der Waals surface area (Å²) in [4.78, 5) is 20.3. The summed E-state index contributed by atoms with van der Waals surface area (Å²) in [6.07, 6.45) is -4.61. The molecule has 0 bridgehead atoms. The highest BCUT2D eigenvalue weighted by Crippen LogP contribution is 2.31. The van der Waals surface area contributed by atoms with E-state index in [9.17, 15) is 18.0 Å². The lowest BCUT2D eigenvalue weighted by atomic mass is 10.2. The molecule has 0 aliphatic rings. The van der Waals surface area contributed by atoms with Crippen molar-refractivity contribution in [3.8, 4) is 0 Å². The van der Waals surface area contributed by atoms with Gasteiger partial charge in [-0.3, -0.25) is 0 Å². The van der Waals surface area contributed by atoms with Crippen molar-refractivity contribution in [3.05, 3.63) is 41.6 Å². The molecule has 0 amide bonds. The van der Waals surface area contributed by atoms with E-state index in [-0.39, 0.29) is 23.4 Å². The van der Waals surface area contributed by atoms with Crippen LogP contribution in [0.2, 0.25) is 0 Å². The van der Waals surface area contributed by atoms with Crippen LogP contribution in [0.15, 0.2) is 30.3 Å². The number of rotatable bonds is 6. The number of nitrogens with one attached hydrogen (secondary N) is 1. The van der Waals surface area contributed by atoms with Crippen molar-refractivity contribution in [2.45, 2.75) is 33.0 Å². The van der Waals surface area contributed by atoms with Crippen molar-refractivity contribution < 1.29 is 23.1 Å². The molecule has 2 N–H and O–H groups in total. The Hall–Kier alpha value is -2.84. The number of carbonyl (C=O) groups is 1. The Bertz CT molecular complexity index is 777. The number of benzene rings is 1. The van der Waals surface area contributed by atoms with Crippen LogP contribution in [-0.2, 0) is 6.18 Å². The molecule has 0 fully saturated rings. The van der Waals surface area contributed by atoms with Gasteiger partial charge < -0.3 is 15.3 Å². The molecular weight excluding hydrogens is 349 g/mol. The first kappa shape index (κ1) is 19.5. The van der Waals surface area contributed by atoms with Crippen LogP contribution in [0.4, 0.5) is 30.6 Å². The largest absolute Gasteiger partial charge is 0.478 e. The van der Waals surface area contributed by atoms with E-state index in [4.69, 9.17) is 5.11 Å². The molecule has 0 spiro atoms. The van der Waals surface area contributed by atoms with Crippen molar-refractivity contribution in [3.63, 3.8) is 0 Å². The van der Waals surface area contributed by atoms with E-state index < -0.39 is 17.8 Å². The van der Waals surface area contributed by atoms with Gasteiger partial charge >= 0.3 is 12.1 Å². The molecule has 6 nitrogen and oxygen atoms in total. The summed E-state index contributed by atoms with van der Waals surface area (Å²) in [6, 6.07) is 6.36. The monoisotopic (exact) mass is 368 g/mol. The van der Waals surface area contributed by atoms with Gasteiger partial charge in [0.05, 0.1) is 5.56 Å². The van der Waals surface area contributed by atoms with E-state index in [0.29, 0.717) is 12.2 Å². The number of anilines is 3. The number of alkyl halides is 3. The second kappa shape index (κ2) is 7.59. The fourth-order valence-corrected chi connectivity index (χ4v) is 2.35. The molecule has 1 heterocycles. The predicted octanol–water partition coefficient (Wildman–Crippen LogP) is 4.17. The van der Waals surface area contributed by atoms with E-state index in [2.05, 4.69) is 15.3 Å². The molecule has 0 aliphatic heterocycles. The first-order chi connectivity index (χ1) is 12.1. The van der Waals surface area contributed by atoms with Crippen molar-refractivity contribution in [1.82, 2.24) is 9.97 Å². The third-order valence-corrected chi connectivity index (χ3v) is 3.63. The van der Waals surface area contributed by atoms with Crippen molar-refractivity contribution in [2.24, 2.45) is 0 Å². The molecule has 0 saturated heterocycles. The lowest BCUT2D eigenvalue weighted by Crippen LogP contribution is -2.32. The smallest absolute Gasteiger partial charge is 0.433 e. The zero-order valence-corrected chi connectivity index (χ0v) is 14.5. The number of aromatic carboxylic acids is 1. The van der Waals surface area contributed by atoms with Gasteiger partial charge in [-0.2, -0.15) is 18.2 Å². The van der Waals surface area contributed by atoms with Crippen LogP contribution < -0.4 is 10.2 Å². The van der Waals surface area contributed by atoms with Gasteiger partial charge in [0.2, 0.25) is 5.95 Å². The number of hydrogen-bond donors (Lipinski definition) is 2. The Morgan fingerprint density at radius 1 is 1.23 bits per heavy atom. The molecule has 0 aliphatic carbocycles. The highest BCUT2D eigenvalue weighted by atomic mass is 19.4. The first-order valence-electron chi connectivity index (χ1n) is 7.95. The van der Waals surface area contributed by atoms with Crippen LogP contribution >= 0.6 is 0 Å². The quantitative estimate of drug-likeness (QED) is 0.797. The Morgan fingerprint density at radius 3 is 2.31 bits per heavy atom. The molecule has 1 aromatic heterocycles. The lowest BCUT2D eigenvalue weighted by Gasteiger charge is -2.26. The summed E-state index contributed by atoms with van der Waals surface area (Å²) in [5.41, 5.74) is -0.557. The van der Waals surface area contributed by atoms with Crippen LogP contribution in [0.5, 0.6) is 0 Å². The van der Waals surface area contributed by atoms with Crippen molar-refractivity contribution in [1.29, 1.82) is 0 Å². The highest BCUT2D eigenvalue weighted by Gasteiger charge is 2.34. The Balaban J connectivity index is 2.41. The summed E-state index contributed by atoms with van der Waals surface area (Å²) in [5, 5.41) is 11.7. The maximum Gasteiger partial charge on any atom is 0.433 e. The van der Waals surface area contributed by atoms with E-state index in [0.717, 1.165) is 6.07 Å². The van der Waals surface area contributed by atoms with E-state index >= 15 is 0 Å². The summed E-state index contributed by atoms with van der Waals surface area (Å²) < 4.78 is 39.6. The van der Waals surface area contributed by atoms with E-state index in [1.54, 1.807) is 11.8 Å². The number of carboxylic acids is 1. The standard InChI is InChI=1S/C17H19F3N4O2/c1-4-24(10(2)3)16-22-13(17(18,19)20)9-14(23-16)21-12-7-5-11(6-8-12)15(25)26/h5-10H,4H2,1-3H3,(H,25,26)(H,21,22,23). The fourth-order valence-electron chi connectivity index (χ4n) is 2.35. The number of hydrogen-bond acceptors (Lipinski definition) is 5. The van der Waals surface area contributed by atoms with E-state index in [1.807, 2.05) is 13.8 Å². The zero-order valence-electron chi connectivity index (χ0n) is 14.5. The maximum atomic E-state index is 13.2. The van der Waals surface area contributed by atoms with Crippen LogP contribution in [0.25, 0.3) is 0 Å². The Labute approximate surface area is 148 Å². The molecule has 9 heteroatoms. The summed E-state index contributed by atoms with van der Waals surface area (Å²) in [6.45, 7) is 5.93. The van der Waals surface area contributed by atoms with E-state index in [1.165, 1.54) is 24.3 Å². The fraction of sp³-hybridized carbons (Fsp3) is 0.353. The van der Waals surface area contributed by atoms with Crippen molar-refractivity contribution in [2.75, 3.05) is 16.8 Å². The molecule has 140 valence electrons. The Kier molecular flexibility index (Phi) is 5.69. The van der Waals surface area contributed by atoms with Gasteiger partial charge in [0, 0.05) is 24.3 Å².